The van der Waals surface area contributed by atoms with Gasteiger partial charge in [0.2, 0.25) is 0 Å². The van der Waals surface area contributed by atoms with Crippen LogP contribution >= 0.6 is 11.6 Å². The molecule has 4 rings (SSSR count). The van der Waals surface area contributed by atoms with Crippen LogP contribution in [0.1, 0.15) is 32.0 Å². The molecule has 0 aliphatic rings. The van der Waals surface area contributed by atoms with Gasteiger partial charge in [0.25, 0.3) is 0 Å². The molecule has 6 nitrogen and oxygen atoms in total. The van der Waals surface area contributed by atoms with Gasteiger partial charge in [-0.3, -0.25) is 0 Å². The largest absolute Gasteiger partial charge is 0.493 e. The van der Waals surface area contributed by atoms with E-state index in [4.69, 9.17) is 26.1 Å². The van der Waals surface area contributed by atoms with Crippen molar-refractivity contribution < 1.29 is 9.47 Å². The summed E-state index contributed by atoms with van der Waals surface area (Å²) in [5.41, 5.74) is 4.63. The molecule has 33 heavy (non-hydrogen) atoms. The van der Waals surface area contributed by atoms with Gasteiger partial charge in [-0.05, 0) is 30.2 Å². The average molecular weight is 465 g/mol. The highest BCUT2D eigenvalue weighted by atomic mass is 35.5. The summed E-state index contributed by atoms with van der Waals surface area (Å²) in [6.07, 6.45) is 2.64. The lowest BCUT2D eigenvalue weighted by Gasteiger charge is -2.20. The number of hydrogen-bond donors (Lipinski definition) is 1. The van der Waals surface area contributed by atoms with Crippen LogP contribution < -0.4 is 14.8 Å². The summed E-state index contributed by atoms with van der Waals surface area (Å²) in [5, 5.41) is 8.86. The van der Waals surface area contributed by atoms with Gasteiger partial charge in [-0.2, -0.15) is 9.61 Å². The van der Waals surface area contributed by atoms with E-state index in [1.165, 1.54) is 0 Å². The highest BCUT2D eigenvalue weighted by Crippen LogP contribution is 2.33. The Morgan fingerprint density at radius 1 is 0.970 bits per heavy atom. The van der Waals surface area contributed by atoms with Crippen LogP contribution in [0.15, 0.2) is 54.7 Å². The highest BCUT2D eigenvalue weighted by Gasteiger charge is 2.21. The first-order valence-corrected chi connectivity index (χ1v) is 11.3. The Hall–Kier alpha value is -3.25. The molecule has 2 heterocycles. The number of rotatable bonds is 7. The Morgan fingerprint density at radius 3 is 2.42 bits per heavy atom. The highest BCUT2D eigenvalue weighted by molar-refractivity contribution is 6.33. The van der Waals surface area contributed by atoms with Crippen LogP contribution in [0.5, 0.6) is 11.5 Å². The Kier molecular flexibility index (Phi) is 6.47. The van der Waals surface area contributed by atoms with Crippen molar-refractivity contribution in [1.82, 2.24) is 14.6 Å². The summed E-state index contributed by atoms with van der Waals surface area (Å²) in [7, 11) is 3.29. The van der Waals surface area contributed by atoms with Gasteiger partial charge < -0.3 is 14.8 Å². The summed E-state index contributed by atoms with van der Waals surface area (Å²) >= 11 is 6.48. The lowest BCUT2D eigenvalue weighted by Crippen LogP contribution is -2.17. The molecular formula is C26H29ClN4O2. The zero-order chi connectivity index (χ0) is 23.6. The third-order valence-electron chi connectivity index (χ3n) is 5.57. The molecular weight excluding hydrogens is 436 g/mol. The average Bonchev–Trinajstić information content (AvgIpc) is 3.22. The summed E-state index contributed by atoms with van der Waals surface area (Å²) in [6.45, 7) is 7.19. The van der Waals surface area contributed by atoms with Crippen LogP contribution in [0.4, 0.5) is 5.82 Å². The van der Waals surface area contributed by atoms with Crippen LogP contribution in [0.3, 0.4) is 0 Å². The molecule has 0 unspecified atom stereocenters. The van der Waals surface area contributed by atoms with Gasteiger partial charge in [0, 0.05) is 34.2 Å². The fourth-order valence-corrected chi connectivity index (χ4v) is 3.95. The molecule has 172 valence electrons. The van der Waals surface area contributed by atoms with E-state index in [1.807, 2.05) is 47.1 Å². The molecule has 2 aromatic carbocycles. The number of methoxy groups -OCH3 is 2. The Balaban J connectivity index is 1.66. The third kappa shape index (κ3) is 4.76. The van der Waals surface area contributed by atoms with Crippen LogP contribution in [-0.2, 0) is 11.8 Å². The summed E-state index contributed by atoms with van der Waals surface area (Å²) in [4.78, 5) is 4.96. The second kappa shape index (κ2) is 9.32. The number of fused-ring (bicyclic) bond motifs is 1. The molecule has 7 heteroatoms. The van der Waals surface area contributed by atoms with Crippen molar-refractivity contribution >= 4 is 23.1 Å². The monoisotopic (exact) mass is 464 g/mol. The molecule has 2 aromatic heterocycles. The van der Waals surface area contributed by atoms with Gasteiger partial charge in [-0.15, -0.1) is 0 Å². The first-order chi connectivity index (χ1) is 15.8. The van der Waals surface area contributed by atoms with Crippen molar-refractivity contribution in [2.45, 2.75) is 32.6 Å². The molecule has 0 atom stereocenters. The Morgan fingerprint density at radius 2 is 1.73 bits per heavy atom. The number of benzene rings is 2. The van der Waals surface area contributed by atoms with Gasteiger partial charge in [0.1, 0.15) is 5.82 Å². The van der Waals surface area contributed by atoms with Crippen molar-refractivity contribution in [2.75, 3.05) is 26.1 Å². The Bertz CT molecular complexity index is 1280. The van der Waals surface area contributed by atoms with Crippen molar-refractivity contribution in [3.05, 3.63) is 71.0 Å². The molecule has 0 spiro atoms. The second-order valence-electron chi connectivity index (χ2n) is 8.92. The van der Waals surface area contributed by atoms with E-state index < -0.39 is 0 Å². The molecule has 1 N–H and O–H groups in total. The normalized spacial score (nSPS) is 11.6. The minimum absolute atomic E-state index is 0.121. The quantitative estimate of drug-likeness (QED) is 0.362. The molecule has 0 radical (unpaired) electrons. The Labute approximate surface area is 199 Å². The van der Waals surface area contributed by atoms with E-state index in [1.54, 1.807) is 14.2 Å². The van der Waals surface area contributed by atoms with Crippen molar-refractivity contribution in [1.29, 1.82) is 0 Å². The van der Waals surface area contributed by atoms with Crippen LogP contribution in [0, 0.1) is 0 Å². The maximum atomic E-state index is 6.48. The number of nitrogens with one attached hydrogen (secondary N) is 1. The van der Waals surface area contributed by atoms with Gasteiger partial charge in [0.05, 0.1) is 26.1 Å². The van der Waals surface area contributed by atoms with Gasteiger partial charge in [0.15, 0.2) is 17.1 Å². The fourth-order valence-electron chi connectivity index (χ4n) is 3.71. The molecule has 0 fully saturated rings. The van der Waals surface area contributed by atoms with Crippen molar-refractivity contribution in [3.63, 3.8) is 0 Å². The zero-order valence-electron chi connectivity index (χ0n) is 19.6. The first-order valence-electron chi connectivity index (χ1n) is 10.9. The van der Waals surface area contributed by atoms with Crippen molar-refractivity contribution in [3.8, 4) is 22.6 Å². The predicted molar refractivity (Wildman–Crippen MR) is 134 cm³/mol. The van der Waals surface area contributed by atoms with Gasteiger partial charge >= 0.3 is 0 Å². The molecule has 0 saturated heterocycles. The van der Waals surface area contributed by atoms with E-state index in [0.29, 0.717) is 5.02 Å². The standard InChI is InChI=1S/C26H29ClN4O2/c1-26(2,3)23-15-24(28-13-12-17-10-11-21(32-4)22(14-17)33-5)31-25(30-23)19(16-29-31)18-8-6-7-9-20(18)27/h6-11,14-16,28H,12-13H2,1-5H3. The van der Waals surface area contributed by atoms with E-state index >= 15 is 0 Å². The van der Waals surface area contributed by atoms with Crippen LogP contribution in [-0.4, -0.2) is 35.4 Å². The van der Waals surface area contributed by atoms with Gasteiger partial charge in [-0.25, -0.2) is 4.98 Å². The summed E-state index contributed by atoms with van der Waals surface area (Å²) in [5.74, 6) is 2.35. The zero-order valence-corrected chi connectivity index (χ0v) is 20.4. The fraction of sp³-hybridized carbons (Fsp3) is 0.308. The van der Waals surface area contributed by atoms with E-state index in [2.05, 4.69) is 43.3 Å². The summed E-state index contributed by atoms with van der Waals surface area (Å²) in [6, 6.07) is 15.8. The minimum Gasteiger partial charge on any atom is -0.493 e. The molecule has 0 amide bonds. The number of halogens is 1. The topological polar surface area (TPSA) is 60.7 Å². The van der Waals surface area contributed by atoms with E-state index in [-0.39, 0.29) is 5.41 Å². The molecule has 0 aliphatic heterocycles. The first kappa shape index (κ1) is 22.9. The van der Waals surface area contributed by atoms with Crippen LogP contribution in [0.2, 0.25) is 5.02 Å². The predicted octanol–water partition coefficient (Wildman–Crippen LogP) is 6.02. The molecule has 0 saturated carbocycles. The third-order valence-corrected chi connectivity index (χ3v) is 5.90. The maximum Gasteiger partial charge on any atom is 0.165 e. The number of aromatic nitrogens is 3. The van der Waals surface area contributed by atoms with Crippen molar-refractivity contribution in [2.24, 2.45) is 0 Å². The molecule has 0 bridgehead atoms. The smallest absolute Gasteiger partial charge is 0.165 e. The van der Waals surface area contributed by atoms with Crippen LogP contribution in [0.25, 0.3) is 16.8 Å². The second-order valence-corrected chi connectivity index (χ2v) is 9.32. The molecule has 0 aliphatic carbocycles. The summed E-state index contributed by atoms with van der Waals surface area (Å²) < 4.78 is 12.6. The van der Waals surface area contributed by atoms with Gasteiger partial charge in [-0.1, -0.05) is 56.6 Å². The van der Waals surface area contributed by atoms with E-state index in [9.17, 15) is 0 Å². The maximum absolute atomic E-state index is 6.48. The number of nitrogens with zero attached hydrogens (tertiary/aromatic N) is 3. The lowest BCUT2D eigenvalue weighted by molar-refractivity contribution is 0.354. The minimum atomic E-state index is -0.121. The number of hydrogen-bond acceptors (Lipinski definition) is 5. The lowest BCUT2D eigenvalue weighted by atomic mass is 9.92. The number of ether oxygens (including phenoxy) is 2. The number of anilines is 1. The van der Waals surface area contributed by atoms with E-state index in [0.717, 1.165) is 58.3 Å². The molecule has 4 aromatic rings. The SMILES string of the molecule is COc1ccc(CCNc2cc(C(C)(C)C)nc3c(-c4ccccc4Cl)cnn23)cc1OC.